The second-order valence-corrected chi connectivity index (χ2v) is 7.46. The normalized spacial score (nSPS) is 15.5. The van der Waals surface area contributed by atoms with Crippen molar-refractivity contribution in [2.45, 2.75) is 20.4 Å². The highest BCUT2D eigenvalue weighted by atomic mass is 35.5. The lowest BCUT2D eigenvalue weighted by Crippen LogP contribution is -2.48. The van der Waals surface area contributed by atoms with Crippen molar-refractivity contribution in [2.75, 3.05) is 39.3 Å². The molecule has 1 aromatic carbocycles. The van der Waals surface area contributed by atoms with E-state index in [1.807, 2.05) is 53.8 Å². The van der Waals surface area contributed by atoms with Gasteiger partial charge in [-0.25, -0.2) is 0 Å². The summed E-state index contributed by atoms with van der Waals surface area (Å²) in [7, 11) is 0. The highest BCUT2D eigenvalue weighted by Gasteiger charge is 2.19. The van der Waals surface area contributed by atoms with Gasteiger partial charge < -0.3 is 10.0 Å². The number of nitrogens with zero attached hydrogens (tertiary/aromatic N) is 4. The number of benzene rings is 1. The smallest absolute Gasteiger partial charge is 0.246 e. The standard InChI is InChI=1S/C21H27ClN4O2/c1-16-19(7-8-21(28)25-11-9-24(10-12-25)13-14-27)17(2)26(23-16)15-18-5-3-4-6-20(18)22/h3-8,27H,9-15H2,1-2H3/b8-7+. The van der Waals surface area contributed by atoms with Crippen LogP contribution in [0.2, 0.25) is 5.02 Å². The molecule has 150 valence electrons. The van der Waals surface area contributed by atoms with Crippen LogP contribution in [0.3, 0.4) is 0 Å². The Morgan fingerprint density at radius 3 is 2.61 bits per heavy atom. The van der Waals surface area contributed by atoms with E-state index < -0.39 is 0 Å². The number of halogens is 1. The molecule has 0 radical (unpaired) electrons. The van der Waals surface area contributed by atoms with E-state index in [4.69, 9.17) is 16.7 Å². The first-order valence-corrected chi connectivity index (χ1v) is 9.95. The first-order chi connectivity index (χ1) is 13.5. The molecule has 1 aromatic heterocycles. The fraction of sp³-hybridized carbons (Fsp3) is 0.429. The quantitative estimate of drug-likeness (QED) is 0.753. The van der Waals surface area contributed by atoms with Crippen LogP contribution < -0.4 is 0 Å². The summed E-state index contributed by atoms with van der Waals surface area (Å²) >= 11 is 6.27. The SMILES string of the molecule is Cc1nn(Cc2ccccc2Cl)c(C)c1/C=C/C(=O)N1CCN(CCO)CC1. The third-order valence-corrected chi connectivity index (χ3v) is 5.58. The van der Waals surface area contributed by atoms with Gasteiger partial charge in [-0.3, -0.25) is 14.4 Å². The lowest BCUT2D eigenvalue weighted by atomic mass is 10.1. The molecule has 6 nitrogen and oxygen atoms in total. The van der Waals surface area contributed by atoms with Gasteiger partial charge in [-0.2, -0.15) is 5.10 Å². The third-order valence-electron chi connectivity index (χ3n) is 5.21. The van der Waals surface area contributed by atoms with Gasteiger partial charge in [-0.15, -0.1) is 0 Å². The molecule has 0 unspecified atom stereocenters. The first kappa shape index (κ1) is 20.6. The fourth-order valence-corrected chi connectivity index (χ4v) is 3.68. The minimum absolute atomic E-state index is 0.0151. The maximum atomic E-state index is 12.5. The van der Waals surface area contributed by atoms with Crippen LogP contribution in [0.25, 0.3) is 6.08 Å². The zero-order valence-corrected chi connectivity index (χ0v) is 17.2. The topological polar surface area (TPSA) is 61.6 Å². The summed E-state index contributed by atoms with van der Waals surface area (Å²) in [4.78, 5) is 16.5. The Balaban J connectivity index is 1.67. The van der Waals surface area contributed by atoms with Gasteiger partial charge in [0.2, 0.25) is 5.91 Å². The van der Waals surface area contributed by atoms with Gasteiger partial charge in [-0.1, -0.05) is 29.8 Å². The zero-order valence-electron chi connectivity index (χ0n) is 16.4. The van der Waals surface area contributed by atoms with Crippen molar-refractivity contribution < 1.29 is 9.90 Å². The number of aliphatic hydroxyl groups excluding tert-OH is 1. The van der Waals surface area contributed by atoms with Crippen LogP contribution >= 0.6 is 11.6 Å². The van der Waals surface area contributed by atoms with E-state index in [0.717, 1.165) is 40.6 Å². The lowest BCUT2D eigenvalue weighted by Gasteiger charge is -2.33. The van der Waals surface area contributed by atoms with Gasteiger partial charge in [0.25, 0.3) is 0 Å². The molecule has 2 heterocycles. The van der Waals surface area contributed by atoms with Gasteiger partial charge in [0.1, 0.15) is 0 Å². The number of rotatable bonds is 6. The zero-order chi connectivity index (χ0) is 20.1. The second kappa shape index (κ2) is 9.37. The van der Waals surface area contributed by atoms with E-state index >= 15 is 0 Å². The Hall–Kier alpha value is -2.15. The number of piperazine rings is 1. The Morgan fingerprint density at radius 1 is 1.21 bits per heavy atom. The molecule has 1 aliphatic rings. The molecule has 28 heavy (non-hydrogen) atoms. The molecule has 0 bridgehead atoms. The van der Waals surface area contributed by atoms with E-state index in [2.05, 4.69) is 10.00 Å². The van der Waals surface area contributed by atoms with Crippen LogP contribution in [0.4, 0.5) is 0 Å². The van der Waals surface area contributed by atoms with Crippen molar-refractivity contribution in [1.29, 1.82) is 0 Å². The third kappa shape index (κ3) is 4.82. The number of carbonyl (C=O) groups excluding carboxylic acids is 1. The van der Waals surface area contributed by atoms with Crippen LogP contribution in [0.5, 0.6) is 0 Å². The fourth-order valence-electron chi connectivity index (χ4n) is 3.49. The van der Waals surface area contributed by atoms with Crippen LogP contribution in [-0.2, 0) is 11.3 Å². The van der Waals surface area contributed by atoms with E-state index in [-0.39, 0.29) is 12.5 Å². The summed E-state index contributed by atoms with van der Waals surface area (Å²) in [6.07, 6.45) is 3.50. The minimum Gasteiger partial charge on any atom is -0.395 e. The molecule has 0 atom stereocenters. The summed E-state index contributed by atoms with van der Waals surface area (Å²) < 4.78 is 1.92. The van der Waals surface area contributed by atoms with Gasteiger partial charge in [0.05, 0.1) is 18.8 Å². The van der Waals surface area contributed by atoms with Crippen molar-refractivity contribution in [2.24, 2.45) is 0 Å². The number of hydrogen-bond acceptors (Lipinski definition) is 4. The Morgan fingerprint density at radius 2 is 1.93 bits per heavy atom. The highest BCUT2D eigenvalue weighted by Crippen LogP contribution is 2.20. The molecule has 1 aliphatic heterocycles. The number of aryl methyl sites for hydroxylation is 1. The van der Waals surface area contributed by atoms with E-state index in [0.29, 0.717) is 26.2 Å². The average Bonchev–Trinajstić information content (AvgIpc) is 2.95. The summed E-state index contributed by atoms with van der Waals surface area (Å²) in [5, 5.41) is 14.4. The second-order valence-electron chi connectivity index (χ2n) is 7.06. The maximum Gasteiger partial charge on any atom is 0.246 e. The summed E-state index contributed by atoms with van der Waals surface area (Å²) in [6, 6.07) is 7.75. The number of aliphatic hydroxyl groups is 1. The van der Waals surface area contributed by atoms with Crippen molar-refractivity contribution in [3.05, 3.63) is 57.9 Å². The molecule has 1 fully saturated rings. The molecule has 1 N–H and O–H groups in total. The van der Waals surface area contributed by atoms with Gasteiger partial charge >= 0.3 is 0 Å². The van der Waals surface area contributed by atoms with Crippen LogP contribution in [0.1, 0.15) is 22.5 Å². The summed E-state index contributed by atoms with van der Waals surface area (Å²) in [6.45, 7) is 8.36. The van der Waals surface area contributed by atoms with Crippen molar-refractivity contribution >= 4 is 23.6 Å². The van der Waals surface area contributed by atoms with Gasteiger partial charge in [0.15, 0.2) is 0 Å². The highest BCUT2D eigenvalue weighted by molar-refractivity contribution is 6.31. The molecule has 1 saturated heterocycles. The molecular formula is C21H27ClN4O2. The minimum atomic E-state index is 0.0151. The van der Waals surface area contributed by atoms with E-state index in [1.165, 1.54) is 0 Å². The maximum absolute atomic E-state index is 12.5. The number of β-amino-alcohol motifs (C(OH)–C–C–N with tert-alkyl or cyclic N) is 1. The van der Waals surface area contributed by atoms with Gasteiger partial charge in [0, 0.05) is 55.1 Å². The Bertz CT molecular complexity index is 854. The van der Waals surface area contributed by atoms with Crippen LogP contribution in [-0.4, -0.2) is 69.9 Å². The van der Waals surface area contributed by atoms with Crippen molar-refractivity contribution in [3.8, 4) is 0 Å². The number of hydrogen-bond donors (Lipinski definition) is 1. The number of aromatic nitrogens is 2. The van der Waals surface area contributed by atoms with Crippen LogP contribution in [0.15, 0.2) is 30.3 Å². The lowest BCUT2D eigenvalue weighted by molar-refractivity contribution is -0.127. The number of amides is 1. The van der Waals surface area contributed by atoms with Crippen molar-refractivity contribution in [1.82, 2.24) is 19.6 Å². The molecular weight excluding hydrogens is 376 g/mol. The van der Waals surface area contributed by atoms with Crippen molar-refractivity contribution in [3.63, 3.8) is 0 Å². The van der Waals surface area contributed by atoms with E-state index in [9.17, 15) is 4.79 Å². The molecule has 0 saturated carbocycles. The number of carbonyl (C=O) groups is 1. The first-order valence-electron chi connectivity index (χ1n) is 9.57. The summed E-state index contributed by atoms with van der Waals surface area (Å²) in [5.74, 6) is 0.0151. The molecule has 0 aliphatic carbocycles. The molecule has 0 spiro atoms. The Labute approximate surface area is 171 Å². The molecule has 2 aromatic rings. The largest absolute Gasteiger partial charge is 0.395 e. The predicted molar refractivity (Wildman–Crippen MR) is 111 cm³/mol. The molecule has 7 heteroatoms. The Kier molecular flexibility index (Phi) is 6.88. The van der Waals surface area contributed by atoms with E-state index in [1.54, 1.807) is 6.08 Å². The predicted octanol–water partition coefficient (Wildman–Crippen LogP) is 2.35. The van der Waals surface area contributed by atoms with Gasteiger partial charge in [-0.05, 0) is 31.6 Å². The average molecular weight is 403 g/mol. The summed E-state index contributed by atoms with van der Waals surface area (Å²) in [5.41, 5.74) is 3.89. The molecule has 3 rings (SSSR count). The molecule has 1 amide bonds. The monoisotopic (exact) mass is 402 g/mol. The van der Waals surface area contributed by atoms with Crippen LogP contribution in [0, 0.1) is 13.8 Å².